The van der Waals surface area contributed by atoms with Gasteiger partial charge in [0.05, 0.1) is 5.92 Å². The third kappa shape index (κ3) is 5.26. The van der Waals surface area contributed by atoms with E-state index in [0.29, 0.717) is 5.75 Å². The van der Waals surface area contributed by atoms with Crippen LogP contribution >= 0.6 is 0 Å². The molecule has 1 unspecified atom stereocenters. The average Bonchev–Trinajstić information content (AvgIpc) is 2.76. The fourth-order valence-electron chi connectivity index (χ4n) is 3.13. The summed E-state index contributed by atoms with van der Waals surface area (Å²) in [7, 11) is 0. The molecule has 0 aromatic heterocycles. The molecule has 0 fully saturated rings. The van der Waals surface area contributed by atoms with Crippen molar-refractivity contribution in [3.05, 3.63) is 101 Å². The Morgan fingerprint density at radius 1 is 0.733 bits per heavy atom. The van der Waals surface area contributed by atoms with Crippen LogP contribution in [0.4, 0.5) is 0 Å². The summed E-state index contributed by atoms with van der Waals surface area (Å²) in [5, 5.41) is 0. The number of amides is 2. The molecule has 0 saturated carbocycles. The van der Waals surface area contributed by atoms with Crippen molar-refractivity contribution in [3.63, 3.8) is 0 Å². The third-order valence-corrected chi connectivity index (χ3v) is 5.00. The van der Waals surface area contributed by atoms with Crippen molar-refractivity contribution in [2.24, 2.45) is 0 Å². The van der Waals surface area contributed by atoms with E-state index in [1.165, 1.54) is 0 Å². The first-order valence-electron chi connectivity index (χ1n) is 9.89. The van der Waals surface area contributed by atoms with Gasteiger partial charge in [-0.2, -0.15) is 0 Å². The van der Waals surface area contributed by atoms with Gasteiger partial charge in [-0.05, 0) is 55.2 Å². The fourth-order valence-corrected chi connectivity index (χ4v) is 3.13. The van der Waals surface area contributed by atoms with Gasteiger partial charge in [0.15, 0.2) is 6.10 Å². The summed E-state index contributed by atoms with van der Waals surface area (Å²) in [5.74, 6) is -0.678. The van der Waals surface area contributed by atoms with Gasteiger partial charge < -0.3 is 4.74 Å². The molecule has 0 spiro atoms. The molecule has 5 nitrogen and oxygen atoms in total. The lowest BCUT2D eigenvalue weighted by atomic mass is 9.91. The molecule has 1 atom stereocenters. The van der Waals surface area contributed by atoms with Crippen molar-refractivity contribution in [1.29, 1.82) is 0 Å². The lowest BCUT2D eigenvalue weighted by Crippen LogP contribution is -2.48. The topological polar surface area (TPSA) is 67.4 Å². The number of hydrogen-bond acceptors (Lipinski definition) is 3. The summed E-state index contributed by atoms with van der Waals surface area (Å²) in [5.41, 5.74) is 8.96. The molecule has 0 heterocycles. The maximum Gasteiger partial charge on any atom is 0.279 e. The predicted octanol–water partition coefficient (Wildman–Crippen LogP) is 4.05. The summed E-state index contributed by atoms with van der Waals surface area (Å²) in [6.45, 7) is 5.64. The maximum atomic E-state index is 12.9. The molecular weight excluding hydrogens is 376 g/mol. The molecule has 30 heavy (non-hydrogen) atoms. The van der Waals surface area contributed by atoms with Crippen LogP contribution in [0.5, 0.6) is 5.75 Å². The maximum absolute atomic E-state index is 12.9. The van der Waals surface area contributed by atoms with Crippen molar-refractivity contribution in [3.8, 4) is 5.75 Å². The molecule has 2 amide bonds. The van der Waals surface area contributed by atoms with E-state index in [0.717, 1.165) is 22.3 Å². The van der Waals surface area contributed by atoms with Crippen molar-refractivity contribution >= 4 is 11.8 Å². The Hall–Kier alpha value is -3.60. The van der Waals surface area contributed by atoms with E-state index in [1.54, 1.807) is 6.92 Å². The quantitative estimate of drug-likeness (QED) is 0.611. The number of benzene rings is 3. The molecule has 0 bridgehead atoms. The van der Waals surface area contributed by atoms with Crippen molar-refractivity contribution in [2.75, 3.05) is 0 Å². The van der Waals surface area contributed by atoms with Crippen LogP contribution in [0.25, 0.3) is 0 Å². The van der Waals surface area contributed by atoms with E-state index in [-0.39, 0.29) is 5.91 Å². The standard InChI is InChI=1S/C25H26N2O3/c1-17-14-15-22(16-18(17)2)30-19(3)24(28)26-27-25(29)23(20-10-6-4-7-11-20)21-12-8-5-9-13-21/h4-16,19,23H,1-3H3,(H,26,28)(H,27,29). The zero-order chi connectivity index (χ0) is 21.5. The van der Waals surface area contributed by atoms with Gasteiger partial charge in [-0.25, -0.2) is 0 Å². The Morgan fingerprint density at radius 2 is 1.27 bits per heavy atom. The summed E-state index contributed by atoms with van der Waals surface area (Å²) in [4.78, 5) is 25.4. The monoisotopic (exact) mass is 402 g/mol. The van der Waals surface area contributed by atoms with E-state index < -0.39 is 17.9 Å². The Labute approximate surface area is 177 Å². The molecule has 0 aliphatic carbocycles. The summed E-state index contributed by atoms with van der Waals surface area (Å²) in [6.07, 6.45) is -0.765. The molecule has 0 aliphatic rings. The molecular formula is C25H26N2O3. The Bertz CT molecular complexity index is 964. The summed E-state index contributed by atoms with van der Waals surface area (Å²) >= 11 is 0. The van der Waals surface area contributed by atoms with Gasteiger partial charge in [0.1, 0.15) is 5.75 Å². The summed E-state index contributed by atoms with van der Waals surface area (Å²) in [6, 6.07) is 24.6. The van der Waals surface area contributed by atoms with Gasteiger partial charge in [-0.3, -0.25) is 20.4 Å². The van der Waals surface area contributed by atoms with Crippen LogP contribution < -0.4 is 15.6 Å². The van der Waals surface area contributed by atoms with Gasteiger partial charge in [0.25, 0.3) is 5.91 Å². The minimum atomic E-state index is -0.765. The predicted molar refractivity (Wildman–Crippen MR) is 117 cm³/mol. The summed E-state index contributed by atoms with van der Waals surface area (Å²) < 4.78 is 5.71. The van der Waals surface area contributed by atoms with Crippen LogP contribution in [-0.4, -0.2) is 17.9 Å². The Kier molecular flexibility index (Phi) is 6.86. The van der Waals surface area contributed by atoms with Gasteiger partial charge in [0, 0.05) is 0 Å². The number of carbonyl (C=O) groups is 2. The highest BCUT2D eigenvalue weighted by atomic mass is 16.5. The smallest absolute Gasteiger partial charge is 0.279 e. The van der Waals surface area contributed by atoms with Crippen LogP contribution in [0.3, 0.4) is 0 Å². The second kappa shape index (κ2) is 9.74. The largest absolute Gasteiger partial charge is 0.481 e. The SMILES string of the molecule is Cc1ccc(OC(C)C(=O)NNC(=O)C(c2ccccc2)c2ccccc2)cc1C. The molecule has 0 radical (unpaired) electrons. The number of ether oxygens (including phenoxy) is 1. The Morgan fingerprint density at radius 3 is 1.80 bits per heavy atom. The highest BCUT2D eigenvalue weighted by Crippen LogP contribution is 2.24. The number of hydrogen-bond donors (Lipinski definition) is 2. The molecule has 154 valence electrons. The van der Waals surface area contributed by atoms with Crippen molar-refractivity contribution in [1.82, 2.24) is 10.9 Å². The lowest BCUT2D eigenvalue weighted by Gasteiger charge is -2.20. The second-order valence-electron chi connectivity index (χ2n) is 7.24. The van der Waals surface area contributed by atoms with Crippen LogP contribution in [0.15, 0.2) is 78.9 Å². The van der Waals surface area contributed by atoms with E-state index in [2.05, 4.69) is 10.9 Å². The third-order valence-electron chi connectivity index (χ3n) is 5.00. The highest BCUT2D eigenvalue weighted by Gasteiger charge is 2.24. The van der Waals surface area contributed by atoms with E-state index in [1.807, 2.05) is 92.7 Å². The first kappa shape index (κ1) is 21.1. The van der Waals surface area contributed by atoms with Crippen LogP contribution in [-0.2, 0) is 9.59 Å². The van der Waals surface area contributed by atoms with Crippen molar-refractivity contribution in [2.45, 2.75) is 32.8 Å². The van der Waals surface area contributed by atoms with E-state index in [4.69, 9.17) is 4.74 Å². The van der Waals surface area contributed by atoms with E-state index >= 15 is 0 Å². The highest BCUT2D eigenvalue weighted by molar-refractivity contribution is 5.90. The molecule has 0 saturated heterocycles. The Balaban J connectivity index is 1.66. The van der Waals surface area contributed by atoms with Gasteiger partial charge in [-0.15, -0.1) is 0 Å². The average molecular weight is 402 g/mol. The van der Waals surface area contributed by atoms with E-state index in [9.17, 15) is 9.59 Å². The number of rotatable bonds is 6. The second-order valence-corrected chi connectivity index (χ2v) is 7.24. The van der Waals surface area contributed by atoms with Crippen LogP contribution in [0.1, 0.15) is 35.1 Å². The number of nitrogens with one attached hydrogen (secondary N) is 2. The minimum absolute atomic E-state index is 0.320. The number of carbonyl (C=O) groups excluding carboxylic acids is 2. The lowest BCUT2D eigenvalue weighted by molar-refractivity contribution is -0.133. The molecule has 3 aromatic carbocycles. The minimum Gasteiger partial charge on any atom is -0.481 e. The molecule has 3 aromatic rings. The molecule has 5 heteroatoms. The fraction of sp³-hybridized carbons (Fsp3) is 0.200. The van der Waals surface area contributed by atoms with Crippen LogP contribution in [0.2, 0.25) is 0 Å². The zero-order valence-electron chi connectivity index (χ0n) is 17.4. The zero-order valence-corrected chi connectivity index (χ0v) is 17.4. The van der Waals surface area contributed by atoms with Gasteiger partial charge in [-0.1, -0.05) is 66.7 Å². The van der Waals surface area contributed by atoms with Gasteiger partial charge in [0.2, 0.25) is 5.91 Å². The first-order valence-corrected chi connectivity index (χ1v) is 9.89. The molecule has 3 rings (SSSR count). The molecule has 2 N–H and O–H groups in total. The number of aryl methyl sites for hydroxylation is 2. The molecule has 0 aliphatic heterocycles. The van der Waals surface area contributed by atoms with Gasteiger partial charge >= 0.3 is 0 Å². The first-order chi connectivity index (χ1) is 14.5. The van der Waals surface area contributed by atoms with Crippen molar-refractivity contribution < 1.29 is 14.3 Å². The van der Waals surface area contributed by atoms with Crippen LogP contribution in [0, 0.1) is 13.8 Å². The normalized spacial score (nSPS) is 11.6. The number of hydrazine groups is 1.